The van der Waals surface area contributed by atoms with E-state index >= 15 is 0 Å². The molecule has 2 aromatic rings. The van der Waals surface area contributed by atoms with Gasteiger partial charge in [0.25, 0.3) is 0 Å². The van der Waals surface area contributed by atoms with Crippen LogP contribution in [0, 0.1) is 0 Å². The Bertz CT molecular complexity index is 421. The van der Waals surface area contributed by atoms with Crippen molar-refractivity contribution in [2.45, 2.75) is 25.9 Å². The maximum Gasteiger partial charge on any atom is 0.140 e. The minimum Gasteiger partial charge on any atom is -0.469 e. The maximum absolute atomic E-state index is 5.29. The molecular formula is C11H16N4O. The molecule has 0 spiro atoms. The van der Waals surface area contributed by atoms with Crippen molar-refractivity contribution >= 4 is 0 Å². The van der Waals surface area contributed by atoms with Crippen LogP contribution in [0.3, 0.4) is 0 Å². The highest BCUT2D eigenvalue weighted by Crippen LogP contribution is 2.04. The molecule has 2 heterocycles. The summed E-state index contributed by atoms with van der Waals surface area (Å²) in [5, 5.41) is 7.40. The number of nitrogens with one attached hydrogen (secondary N) is 1. The van der Waals surface area contributed by atoms with Crippen LogP contribution in [-0.2, 0) is 20.0 Å². The number of aromatic nitrogens is 3. The van der Waals surface area contributed by atoms with Crippen LogP contribution in [0.4, 0.5) is 0 Å². The Morgan fingerprint density at radius 2 is 2.44 bits per heavy atom. The first-order valence-corrected chi connectivity index (χ1v) is 5.34. The van der Waals surface area contributed by atoms with Crippen molar-refractivity contribution < 1.29 is 4.42 Å². The van der Waals surface area contributed by atoms with Crippen LogP contribution in [0.1, 0.15) is 18.5 Å². The van der Waals surface area contributed by atoms with Gasteiger partial charge >= 0.3 is 0 Å². The second-order valence-corrected chi connectivity index (χ2v) is 3.87. The van der Waals surface area contributed by atoms with Crippen LogP contribution < -0.4 is 5.32 Å². The van der Waals surface area contributed by atoms with E-state index in [0.29, 0.717) is 6.04 Å². The molecule has 0 saturated carbocycles. The third-order valence-electron chi connectivity index (χ3n) is 2.50. The Morgan fingerprint density at radius 3 is 3.06 bits per heavy atom. The van der Waals surface area contributed by atoms with Gasteiger partial charge < -0.3 is 9.73 Å². The van der Waals surface area contributed by atoms with Gasteiger partial charge in [0.2, 0.25) is 0 Å². The molecule has 0 bridgehead atoms. The van der Waals surface area contributed by atoms with Gasteiger partial charge in [-0.25, -0.2) is 4.98 Å². The second-order valence-electron chi connectivity index (χ2n) is 3.87. The van der Waals surface area contributed by atoms with Crippen molar-refractivity contribution in [3.63, 3.8) is 0 Å². The van der Waals surface area contributed by atoms with Crippen molar-refractivity contribution in [3.8, 4) is 0 Å². The predicted molar refractivity (Wildman–Crippen MR) is 59.7 cm³/mol. The third-order valence-corrected chi connectivity index (χ3v) is 2.50. The molecule has 0 radical (unpaired) electrons. The highest BCUT2D eigenvalue weighted by molar-refractivity contribution is 5.00. The Labute approximate surface area is 94.5 Å². The molecular weight excluding hydrogens is 204 g/mol. The van der Waals surface area contributed by atoms with E-state index in [9.17, 15) is 0 Å². The summed E-state index contributed by atoms with van der Waals surface area (Å²) in [6, 6.07) is 4.24. The first-order valence-electron chi connectivity index (χ1n) is 5.34. The Hall–Kier alpha value is -1.62. The van der Waals surface area contributed by atoms with Crippen LogP contribution >= 0.6 is 0 Å². The van der Waals surface area contributed by atoms with Crippen LogP contribution in [0.15, 0.2) is 29.1 Å². The minimum absolute atomic E-state index is 0.350. The lowest BCUT2D eigenvalue weighted by atomic mass is 10.2. The third kappa shape index (κ3) is 2.70. The van der Waals surface area contributed by atoms with Gasteiger partial charge in [0, 0.05) is 19.5 Å². The fourth-order valence-electron chi connectivity index (χ4n) is 1.55. The van der Waals surface area contributed by atoms with Gasteiger partial charge in [-0.2, -0.15) is 5.10 Å². The fourth-order valence-corrected chi connectivity index (χ4v) is 1.55. The number of hydrogen-bond donors (Lipinski definition) is 1. The lowest BCUT2D eigenvalue weighted by Crippen LogP contribution is -2.28. The molecule has 0 aliphatic carbocycles. The average Bonchev–Trinajstić information content (AvgIpc) is 2.87. The molecule has 0 aromatic carbocycles. The Balaban J connectivity index is 1.80. The molecule has 2 aromatic heterocycles. The van der Waals surface area contributed by atoms with Crippen LogP contribution in [0.2, 0.25) is 0 Å². The lowest BCUT2D eigenvalue weighted by Gasteiger charge is -2.11. The molecule has 0 amide bonds. The van der Waals surface area contributed by atoms with Gasteiger partial charge in [-0.3, -0.25) is 4.68 Å². The van der Waals surface area contributed by atoms with Gasteiger partial charge in [0.15, 0.2) is 0 Å². The van der Waals surface area contributed by atoms with E-state index in [1.54, 1.807) is 17.3 Å². The van der Waals surface area contributed by atoms with Crippen molar-refractivity contribution in [2.24, 2.45) is 7.05 Å². The van der Waals surface area contributed by atoms with E-state index in [4.69, 9.17) is 4.42 Å². The quantitative estimate of drug-likeness (QED) is 0.820. The summed E-state index contributed by atoms with van der Waals surface area (Å²) >= 11 is 0. The van der Waals surface area contributed by atoms with E-state index in [-0.39, 0.29) is 0 Å². The molecule has 0 aliphatic rings. The van der Waals surface area contributed by atoms with Crippen molar-refractivity contribution in [1.82, 2.24) is 20.1 Å². The molecule has 1 unspecified atom stereocenters. The van der Waals surface area contributed by atoms with Gasteiger partial charge in [-0.05, 0) is 19.1 Å². The van der Waals surface area contributed by atoms with E-state index in [2.05, 4.69) is 22.3 Å². The molecule has 5 nitrogen and oxygen atoms in total. The Morgan fingerprint density at radius 1 is 1.56 bits per heavy atom. The molecule has 86 valence electrons. The zero-order valence-corrected chi connectivity index (χ0v) is 9.55. The minimum atomic E-state index is 0.350. The van der Waals surface area contributed by atoms with Gasteiger partial charge in [0.05, 0.1) is 12.8 Å². The Kier molecular flexibility index (Phi) is 3.36. The standard InChI is InChI=1S/C11H16N4O/c1-9(6-10-4-3-5-16-10)12-7-11-13-8-14-15(11)2/h3-5,8-9,12H,6-7H2,1-2H3. The van der Waals surface area contributed by atoms with Crippen molar-refractivity contribution in [3.05, 3.63) is 36.3 Å². The number of nitrogens with zero attached hydrogens (tertiary/aromatic N) is 3. The number of hydrogen-bond acceptors (Lipinski definition) is 4. The zero-order chi connectivity index (χ0) is 11.4. The molecule has 16 heavy (non-hydrogen) atoms. The monoisotopic (exact) mass is 220 g/mol. The summed E-state index contributed by atoms with van der Waals surface area (Å²) < 4.78 is 7.06. The summed E-state index contributed by atoms with van der Waals surface area (Å²) in [7, 11) is 1.89. The highest BCUT2D eigenvalue weighted by Gasteiger charge is 2.07. The molecule has 0 saturated heterocycles. The van der Waals surface area contributed by atoms with E-state index in [1.807, 2.05) is 19.2 Å². The van der Waals surface area contributed by atoms with Crippen molar-refractivity contribution in [2.75, 3.05) is 0 Å². The zero-order valence-electron chi connectivity index (χ0n) is 9.55. The van der Waals surface area contributed by atoms with Crippen molar-refractivity contribution in [1.29, 1.82) is 0 Å². The normalized spacial score (nSPS) is 12.9. The largest absolute Gasteiger partial charge is 0.469 e. The second kappa shape index (κ2) is 4.94. The molecule has 0 aliphatic heterocycles. The van der Waals surface area contributed by atoms with Crippen LogP contribution in [0.25, 0.3) is 0 Å². The number of furan rings is 1. The summed E-state index contributed by atoms with van der Waals surface area (Å²) in [6.07, 6.45) is 4.14. The SMILES string of the molecule is CC(Cc1ccco1)NCc1ncnn1C. The predicted octanol–water partition coefficient (Wildman–Crippen LogP) is 1.13. The summed E-state index contributed by atoms with van der Waals surface area (Å²) in [5.74, 6) is 1.93. The average molecular weight is 220 g/mol. The van der Waals surface area contributed by atoms with E-state index in [0.717, 1.165) is 24.6 Å². The summed E-state index contributed by atoms with van der Waals surface area (Å²) in [5.41, 5.74) is 0. The van der Waals surface area contributed by atoms with E-state index in [1.165, 1.54) is 0 Å². The van der Waals surface area contributed by atoms with Crippen LogP contribution in [0.5, 0.6) is 0 Å². The summed E-state index contributed by atoms with van der Waals surface area (Å²) in [6.45, 7) is 2.84. The molecule has 2 rings (SSSR count). The topological polar surface area (TPSA) is 55.9 Å². The fraction of sp³-hybridized carbons (Fsp3) is 0.455. The molecule has 1 N–H and O–H groups in total. The molecule has 1 atom stereocenters. The molecule has 5 heteroatoms. The first kappa shape index (κ1) is 10.9. The number of rotatable bonds is 5. The number of aryl methyl sites for hydroxylation is 1. The molecule has 0 fully saturated rings. The maximum atomic E-state index is 5.29. The van der Waals surface area contributed by atoms with Crippen LogP contribution in [-0.4, -0.2) is 20.8 Å². The smallest absolute Gasteiger partial charge is 0.140 e. The highest BCUT2D eigenvalue weighted by atomic mass is 16.3. The van der Waals surface area contributed by atoms with Gasteiger partial charge in [-0.1, -0.05) is 0 Å². The van der Waals surface area contributed by atoms with E-state index < -0.39 is 0 Å². The summed E-state index contributed by atoms with van der Waals surface area (Å²) in [4.78, 5) is 4.15. The first-order chi connectivity index (χ1) is 7.75. The van der Waals surface area contributed by atoms with Gasteiger partial charge in [0.1, 0.15) is 17.9 Å². The van der Waals surface area contributed by atoms with Gasteiger partial charge in [-0.15, -0.1) is 0 Å². The lowest BCUT2D eigenvalue weighted by molar-refractivity contribution is 0.450.